The molecule has 42 heavy (non-hydrogen) atoms. The number of anilines is 1. The molecule has 3 aromatic heterocycles. The highest BCUT2D eigenvalue weighted by Crippen LogP contribution is 2.36. The summed E-state index contributed by atoms with van der Waals surface area (Å²) in [5.41, 5.74) is 12.6. The molecule has 2 N–H and O–H groups in total. The van der Waals surface area contributed by atoms with Crippen molar-refractivity contribution >= 4 is 21.5 Å². The van der Waals surface area contributed by atoms with Crippen LogP contribution in [0.25, 0.3) is 16.8 Å². The summed E-state index contributed by atoms with van der Waals surface area (Å²) in [6, 6.07) is 15.8. The van der Waals surface area contributed by atoms with E-state index in [4.69, 9.17) is 19.7 Å². The average Bonchev–Trinajstić information content (AvgIpc) is 3.59. The highest BCUT2D eigenvalue weighted by molar-refractivity contribution is 7.93. The van der Waals surface area contributed by atoms with Crippen molar-refractivity contribution in [2.75, 3.05) is 24.8 Å². The second-order valence-electron chi connectivity index (χ2n) is 9.91. The summed E-state index contributed by atoms with van der Waals surface area (Å²) in [5.74, 6) is 0.704. The first-order chi connectivity index (χ1) is 20.2. The number of nitrogens with two attached hydrogens (primary N) is 1. The number of aryl methyl sites for hydroxylation is 2. The monoisotopic (exact) mass is 590 g/mol. The van der Waals surface area contributed by atoms with E-state index in [1.165, 1.54) is 7.11 Å². The third-order valence-electron chi connectivity index (χ3n) is 7.14. The van der Waals surface area contributed by atoms with Crippen LogP contribution in [0.5, 0.6) is 0 Å². The number of hydrogen-bond acceptors (Lipinski definition) is 9. The van der Waals surface area contributed by atoms with Crippen LogP contribution in [0.1, 0.15) is 46.8 Å². The summed E-state index contributed by atoms with van der Waals surface area (Å²) >= 11 is 0. The van der Waals surface area contributed by atoms with Crippen molar-refractivity contribution in [3.63, 3.8) is 0 Å². The van der Waals surface area contributed by atoms with Gasteiger partial charge < -0.3 is 19.7 Å². The van der Waals surface area contributed by atoms with Gasteiger partial charge in [-0.2, -0.15) is 5.10 Å². The molecule has 0 fully saturated rings. The van der Waals surface area contributed by atoms with Crippen molar-refractivity contribution in [1.82, 2.24) is 19.8 Å². The van der Waals surface area contributed by atoms with Crippen molar-refractivity contribution in [1.29, 1.82) is 0 Å². The topological polar surface area (TPSA) is 138 Å². The third kappa shape index (κ3) is 5.41. The fourth-order valence-corrected chi connectivity index (χ4v) is 6.48. The number of rotatable bonds is 11. The Balaban J connectivity index is 1.62. The Morgan fingerprint density at radius 2 is 1.86 bits per heavy atom. The summed E-state index contributed by atoms with van der Waals surface area (Å²) in [4.78, 5) is 4.61. The van der Waals surface area contributed by atoms with E-state index in [2.05, 4.69) is 15.2 Å². The SMILES string of the molecule is CCOCc1cc(C(N)c2cc(C)nc3ccnn23)ccc1-c1ccccc1S(=O)(=O)N(COC)c1noc(C)c1C. The van der Waals surface area contributed by atoms with Crippen molar-refractivity contribution in [2.45, 2.75) is 45.2 Å². The van der Waals surface area contributed by atoms with Crippen LogP contribution in [0.15, 0.2) is 70.2 Å². The zero-order valence-corrected chi connectivity index (χ0v) is 25.1. The van der Waals surface area contributed by atoms with Gasteiger partial charge in [0.25, 0.3) is 10.0 Å². The van der Waals surface area contributed by atoms with E-state index >= 15 is 0 Å². The molecular formula is C30H34N6O5S. The lowest BCUT2D eigenvalue weighted by atomic mass is 9.94. The lowest BCUT2D eigenvalue weighted by Gasteiger charge is -2.24. The van der Waals surface area contributed by atoms with Crippen LogP contribution in [0.3, 0.4) is 0 Å². The maximum absolute atomic E-state index is 14.2. The molecule has 0 spiro atoms. The van der Waals surface area contributed by atoms with Gasteiger partial charge >= 0.3 is 0 Å². The number of nitrogens with zero attached hydrogens (tertiary/aromatic N) is 5. The second-order valence-corrected chi connectivity index (χ2v) is 11.7. The first-order valence-corrected chi connectivity index (χ1v) is 14.9. The molecule has 0 radical (unpaired) electrons. The van der Waals surface area contributed by atoms with Gasteiger partial charge in [0.05, 0.1) is 29.4 Å². The second kappa shape index (κ2) is 12.0. The third-order valence-corrected chi connectivity index (χ3v) is 8.91. The van der Waals surface area contributed by atoms with E-state index in [1.807, 2.05) is 44.2 Å². The molecule has 220 valence electrons. The van der Waals surface area contributed by atoms with E-state index in [0.717, 1.165) is 26.8 Å². The molecule has 0 aliphatic rings. The summed E-state index contributed by atoms with van der Waals surface area (Å²) < 4.78 is 47.6. The Labute approximate surface area is 244 Å². The Kier molecular flexibility index (Phi) is 8.41. The van der Waals surface area contributed by atoms with Gasteiger partial charge in [0, 0.05) is 36.6 Å². The molecule has 5 rings (SSSR count). The van der Waals surface area contributed by atoms with Crippen LogP contribution < -0.4 is 10.0 Å². The lowest BCUT2D eigenvalue weighted by molar-refractivity contribution is 0.134. The molecular weight excluding hydrogens is 556 g/mol. The Hall–Kier alpha value is -4.10. The molecule has 0 bridgehead atoms. The Morgan fingerprint density at radius 3 is 2.57 bits per heavy atom. The van der Waals surface area contributed by atoms with Gasteiger partial charge in [-0.1, -0.05) is 41.6 Å². The number of hydrogen-bond donors (Lipinski definition) is 1. The van der Waals surface area contributed by atoms with Crippen molar-refractivity contribution < 1.29 is 22.4 Å². The average molecular weight is 591 g/mol. The Morgan fingerprint density at radius 1 is 1.07 bits per heavy atom. The molecule has 1 unspecified atom stereocenters. The minimum atomic E-state index is -4.13. The molecule has 1 atom stereocenters. The zero-order valence-electron chi connectivity index (χ0n) is 24.2. The van der Waals surface area contributed by atoms with Gasteiger partial charge in [-0.15, -0.1) is 0 Å². The van der Waals surface area contributed by atoms with Gasteiger partial charge in [0.15, 0.2) is 11.5 Å². The molecule has 0 saturated heterocycles. The van der Waals surface area contributed by atoms with E-state index in [-0.39, 0.29) is 24.1 Å². The van der Waals surface area contributed by atoms with Crippen LogP contribution in [0.2, 0.25) is 0 Å². The van der Waals surface area contributed by atoms with Gasteiger partial charge in [0.1, 0.15) is 12.5 Å². The van der Waals surface area contributed by atoms with Gasteiger partial charge in [-0.25, -0.2) is 22.2 Å². The fourth-order valence-electron chi connectivity index (χ4n) is 4.89. The van der Waals surface area contributed by atoms with Gasteiger partial charge in [0.2, 0.25) is 0 Å². The molecule has 0 aliphatic heterocycles. The maximum Gasteiger partial charge on any atom is 0.268 e. The number of ether oxygens (including phenoxy) is 2. The van der Waals surface area contributed by atoms with Crippen LogP contribution in [-0.4, -0.2) is 48.6 Å². The quantitative estimate of drug-likeness (QED) is 0.217. The summed E-state index contributed by atoms with van der Waals surface area (Å²) in [6.07, 6.45) is 1.69. The lowest BCUT2D eigenvalue weighted by Crippen LogP contribution is -2.34. The molecule has 2 aromatic carbocycles. The van der Waals surface area contributed by atoms with E-state index in [0.29, 0.717) is 34.7 Å². The molecule has 0 aliphatic carbocycles. The number of methoxy groups -OCH3 is 1. The molecule has 11 nitrogen and oxygen atoms in total. The molecule has 0 amide bonds. The van der Waals surface area contributed by atoms with E-state index < -0.39 is 16.1 Å². The first-order valence-electron chi connectivity index (χ1n) is 13.5. The van der Waals surface area contributed by atoms with Gasteiger partial charge in [-0.05, 0) is 56.5 Å². The normalized spacial score (nSPS) is 12.6. The van der Waals surface area contributed by atoms with Crippen molar-refractivity contribution in [2.24, 2.45) is 5.73 Å². The highest BCUT2D eigenvalue weighted by Gasteiger charge is 2.32. The summed E-state index contributed by atoms with van der Waals surface area (Å²) in [5, 5.41) is 8.42. The van der Waals surface area contributed by atoms with Crippen molar-refractivity contribution in [3.05, 3.63) is 94.6 Å². The van der Waals surface area contributed by atoms with Crippen LogP contribution >= 0.6 is 0 Å². The molecule has 0 saturated carbocycles. The highest BCUT2D eigenvalue weighted by atomic mass is 32.2. The maximum atomic E-state index is 14.2. The smallest absolute Gasteiger partial charge is 0.268 e. The standard InChI is InChI=1S/C30H34N6O5S/c1-6-40-17-23-16-22(29(31)26-15-19(2)33-28-13-14-32-36(26)28)11-12-24(23)25-9-7-8-10-27(25)42(37,38)35(18-39-5)30-20(3)21(4)41-34-30/h7-16,29H,6,17-18,31H2,1-5H3. The number of fused-ring (bicyclic) bond motifs is 1. The first kappa shape index (κ1) is 29.4. The number of sulfonamides is 1. The molecule has 12 heteroatoms. The fraction of sp³-hybridized carbons (Fsp3) is 0.300. The largest absolute Gasteiger partial charge is 0.377 e. The van der Waals surface area contributed by atoms with Crippen LogP contribution in [0, 0.1) is 20.8 Å². The van der Waals surface area contributed by atoms with Crippen LogP contribution in [0.4, 0.5) is 5.82 Å². The molecule has 3 heterocycles. The zero-order chi connectivity index (χ0) is 30.0. The van der Waals surface area contributed by atoms with Crippen LogP contribution in [-0.2, 0) is 26.1 Å². The summed E-state index contributed by atoms with van der Waals surface area (Å²) in [6.45, 7) is 7.82. The van der Waals surface area contributed by atoms with Gasteiger partial charge in [-0.3, -0.25) is 0 Å². The molecule has 5 aromatic rings. The van der Waals surface area contributed by atoms with E-state index in [1.54, 1.807) is 48.8 Å². The van der Waals surface area contributed by atoms with E-state index in [9.17, 15) is 8.42 Å². The minimum Gasteiger partial charge on any atom is -0.377 e. The Bertz CT molecular complexity index is 1830. The predicted molar refractivity (Wildman–Crippen MR) is 158 cm³/mol. The number of aromatic nitrogens is 4. The predicted octanol–water partition coefficient (Wildman–Crippen LogP) is 4.69. The number of benzene rings is 2. The summed E-state index contributed by atoms with van der Waals surface area (Å²) in [7, 11) is -2.70. The van der Waals surface area contributed by atoms with Crippen molar-refractivity contribution in [3.8, 4) is 11.1 Å². The minimum absolute atomic E-state index is 0.0971.